The van der Waals surface area contributed by atoms with Crippen molar-refractivity contribution in [1.82, 2.24) is 0 Å². The Balaban J connectivity index is 1.89. The average molecular weight is 353 g/mol. The van der Waals surface area contributed by atoms with Gasteiger partial charge in [-0.15, -0.1) is 0 Å². The van der Waals surface area contributed by atoms with Crippen LogP contribution in [0.15, 0.2) is 40.9 Å². The predicted molar refractivity (Wildman–Crippen MR) is 86.6 cm³/mol. The van der Waals surface area contributed by atoms with Gasteiger partial charge in [-0.25, -0.2) is 0 Å². The van der Waals surface area contributed by atoms with E-state index in [0.29, 0.717) is 5.75 Å². The molecule has 1 atom stereocenters. The summed E-state index contributed by atoms with van der Waals surface area (Å²) in [6, 6.07) is 11.7. The van der Waals surface area contributed by atoms with Crippen LogP contribution < -0.4 is 5.32 Å². The van der Waals surface area contributed by atoms with Crippen LogP contribution in [0.2, 0.25) is 5.02 Å². The number of fused-ring (bicyclic) bond motifs is 1. The van der Waals surface area contributed by atoms with E-state index in [1.807, 2.05) is 30.3 Å². The van der Waals surface area contributed by atoms with Gasteiger partial charge in [-0.2, -0.15) is 0 Å². The highest BCUT2D eigenvalue weighted by molar-refractivity contribution is 9.10. The van der Waals surface area contributed by atoms with Gasteiger partial charge in [0.1, 0.15) is 5.75 Å². The predicted octanol–water partition coefficient (Wildman–Crippen LogP) is 5.30. The van der Waals surface area contributed by atoms with Gasteiger partial charge >= 0.3 is 0 Å². The van der Waals surface area contributed by atoms with Crippen LogP contribution >= 0.6 is 27.5 Å². The first-order chi connectivity index (χ1) is 9.63. The number of nitrogens with one attached hydrogen (secondary N) is 1. The molecule has 0 heterocycles. The molecule has 4 heteroatoms. The van der Waals surface area contributed by atoms with Crippen LogP contribution in [-0.2, 0) is 6.42 Å². The topological polar surface area (TPSA) is 32.3 Å². The van der Waals surface area contributed by atoms with Crippen LogP contribution in [0.4, 0.5) is 5.69 Å². The summed E-state index contributed by atoms with van der Waals surface area (Å²) in [5.41, 5.74) is 3.55. The molecule has 1 unspecified atom stereocenters. The van der Waals surface area contributed by atoms with E-state index in [2.05, 4.69) is 21.2 Å². The molecule has 0 fully saturated rings. The number of anilines is 1. The van der Waals surface area contributed by atoms with E-state index in [0.717, 1.165) is 34.4 Å². The molecule has 3 rings (SSSR count). The van der Waals surface area contributed by atoms with Gasteiger partial charge in [-0.1, -0.05) is 17.7 Å². The maximum atomic E-state index is 9.60. The van der Waals surface area contributed by atoms with E-state index in [1.54, 1.807) is 6.07 Å². The maximum Gasteiger partial charge on any atom is 0.115 e. The van der Waals surface area contributed by atoms with Gasteiger partial charge in [0.2, 0.25) is 0 Å². The number of phenols is 1. The summed E-state index contributed by atoms with van der Waals surface area (Å²) < 4.78 is 0.968. The second-order valence-corrected chi connectivity index (χ2v) is 6.39. The zero-order valence-corrected chi connectivity index (χ0v) is 13.2. The van der Waals surface area contributed by atoms with Crippen LogP contribution in [0.25, 0.3) is 0 Å². The SMILES string of the molecule is Oc1ccc2c(c1)CCCC2Nc1ccc(Cl)cc1Br. The lowest BCUT2D eigenvalue weighted by Gasteiger charge is -2.28. The number of halogens is 2. The first-order valence-corrected chi connectivity index (χ1v) is 7.84. The second-order valence-electron chi connectivity index (χ2n) is 5.10. The number of aryl methyl sites for hydroxylation is 1. The van der Waals surface area contributed by atoms with Crippen molar-refractivity contribution in [3.05, 3.63) is 57.0 Å². The molecule has 0 saturated heterocycles. The Morgan fingerprint density at radius 3 is 2.85 bits per heavy atom. The first-order valence-electron chi connectivity index (χ1n) is 6.67. The molecular weight excluding hydrogens is 338 g/mol. The Hall–Kier alpha value is -1.19. The summed E-state index contributed by atoms with van der Waals surface area (Å²) in [6.07, 6.45) is 3.25. The molecule has 0 aromatic heterocycles. The monoisotopic (exact) mass is 351 g/mol. The van der Waals surface area contributed by atoms with E-state index >= 15 is 0 Å². The lowest BCUT2D eigenvalue weighted by molar-refractivity contribution is 0.472. The smallest absolute Gasteiger partial charge is 0.115 e. The lowest BCUT2D eigenvalue weighted by Crippen LogP contribution is -2.17. The zero-order valence-electron chi connectivity index (χ0n) is 10.9. The van der Waals surface area contributed by atoms with Gasteiger partial charge in [0.25, 0.3) is 0 Å². The number of hydrogen-bond donors (Lipinski definition) is 2. The molecule has 20 heavy (non-hydrogen) atoms. The number of hydrogen-bond acceptors (Lipinski definition) is 2. The Morgan fingerprint density at radius 1 is 1.20 bits per heavy atom. The summed E-state index contributed by atoms with van der Waals surface area (Å²) in [7, 11) is 0. The molecule has 1 aliphatic carbocycles. The number of aromatic hydroxyl groups is 1. The van der Waals surface area contributed by atoms with E-state index in [9.17, 15) is 5.11 Å². The van der Waals surface area contributed by atoms with Crippen LogP contribution in [0.5, 0.6) is 5.75 Å². The number of phenolic OH excluding ortho intramolecular Hbond substituents is 1. The van der Waals surface area contributed by atoms with Crippen LogP contribution in [-0.4, -0.2) is 5.11 Å². The fourth-order valence-electron chi connectivity index (χ4n) is 2.74. The lowest BCUT2D eigenvalue weighted by atomic mass is 9.87. The highest BCUT2D eigenvalue weighted by atomic mass is 79.9. The maximum absolute atomic E-state index is 9.60. The Kier molecular flexibility index (Phi) is 3.90. The molecule has 0 aliphatic heterocycles. The Bertz CT molecular complexity index is 644. The highest BCUT2D eigenvalue weighted by Crippen LogP contribution is 2.36. The molecule has 0 radical (unpaired) electrons. The molecule has 1 aliphatic rings. The summed E-state index contributed by atoms with van der Waals surface area (Å²) in [5.74, 6) is 0.345. The standard InChI is InChI=1S/C16H15BrClNO/c17-14-9-11(18)4-7-16(14)19-15-3-1-2-10-8-12(20)5-6-13(10)15/h4-9,15,19-20H,1-3H2. The van der Waals surface area contributed by atoms with Crippen molar-refractivity contribution in [2.45, 2.75) is 25.3 Å². The van der Waals surface area contributed by atoms with Crippen molar-refractivity contribution in [1.29, 1.82) is 0 Å². The highest BCUT2D eigenvalue weighted by Gasteiger charge is 2.20. The number of benzene rings is 2. The minimum Gasteiger partial charge on any atom is -0.508 e. The average Bonchev–Trinajstić information content (AvgIpc) is 2.41. The summed E-state index contributed by atoms with van der Waals surface area (Å²) in [4.78, 5) is 0. The van der Waals surface area contributed by atoms with Crippen molar-refractivity contribution in [3.63, 3.8) is 0 Å². The third kappa shape index (κ3) is 2.79. The molecule has 0 bridgehead atoms. The minimum absolute atomic E-state index is 0.275. The van der Waals surface area contributed by atoms with Gasteiger partial charge < -0.3 is 10.4 Å². The quantitative estimate of drug-likeness (QED) is 0.769. The van der Waals surface area contributed by atoms with Crippen LogP contribution in [0.1, 0.15) is 30.0 Å². The van der Waals surface area contributed by atoms with Gasteiger partial charge in [0.05, 0.1) is 6.04 Å². The minimum atomic E-state index is 0.275. The van der Waals surface area contributed by atoms with Gasteiger partial charge in [-0.3, -0.25) is 0 Å². The molecule has 0 amide bonds. The molecule has 2 N–H and O–H groups in total. The molecule has 2 nitrogen and oxygen atoms in total. The van der Waals surface area contributed by atoms with Crippen LogP contribution in [0, 0.1) is 0 Å². The first kappa shape index (κ1) is 13.8. The second kappa shape index (κ2) is 5.66. The van der Waals surface area contributed by atoms with Crippen molar-refractivity contribution < 1.29 is 5.11 Å². The third-order valence-electron chi connectivity index (χ3n) is 3.70. The summed E-state index contributed by atoms with van der Waals surface area (Å²) >= 11 is 9.51. The van der Waals surface area contributed by atoms with Gasteiger partial charge in [0.15, 0.2) is 0 Å². The van der Waals surface area contributed by atoms with Crippen molar-refractivity contribution in [3.8, 4) is 5.75 Å². The van der Waals surface area contributed by atoms with Gasteiger partial charge in [-0.05, 0) is 76.7 Å². The Labute approximate surface area is 131 Å². The fourth-order valence-corrected chi connectivity index (χ4v) is 3.54. The zero-order chi connectivity index (χ0) is 14.1. The van der Waals surface area contributed by atoms with Crippen LogP contribution in [0.3, 0.4) is 0 Å². The Morgan fingerprint density at radius 2 is 2.05 bits per heavy atom. The van der Waals surface area contributed by atoms with Crippen molar-refractivity contribution in [2.24, 2.45) is 0 Å². The number of rotatable bonds is 2. The van der Waals surface area contributed by atoms with E-state index in [-0.39, 0.29) is 6.04 Å². The molecule has 2 aromatic carbocycles. The molecule has 104 valence electrons. The van der Waals surface area contributed by atoms with E-state index in [4.69, 9.17) is 11.6 Å². The molecule has 2 aromatic rings. The summed E-state index contributed by atoms with van der Waals surface area (Å²) in [6.45, 7) is 0. The van der Waals surface area contributed by atoms with E-state index < -0.39 is 0 Å². The van der Waals surface area contributed by atoms with Crippen molar-refractivity contribution in [2.75, 3.05) is 5.32 Å². The third-order valence-corrected chi connectivity index (χ3v) is 4.59. The largest absolute Gasteiger partial charge is 0.508 e. The summed E-state index contributed by atoms with van der Waals surface area (Å²) in [5, 5.41) is 13.9. The van der Waals surface area contributed by atoms with Gasteiger partial charge in [0, 0.05) is 15.2 Å². The molecule has 0 saturated carbocycles. The van der Waals surface area contributed by atoms with Crippen molar-refractivity contribution >= 4 is 33.2 Å². The molecule has 0 spiro atoms. The van der Waals surface area contributed by atoms with E-state index in [1.165, 1.54) is 11.1 Å². The normalized spacial score (nSPS) is 17.6. The molecular formula is C16H15BrClNO. The fraction of sp³-hybridized carbons (Fsp3) is 0.250.